The normalized spacial score (nSPS) is 17.4. The van der Waals surface area contributed by atoms with Crippen molar-refractivity contribution in [3.63, 3.8) is 0 Å². The second kappa shape index (κ2) is 9.46. The van der Waals surface area contributed by atoms with Gasteiger partial charge < -0.3 is 9.84 Å². The van der Waals surface area contributed by atoms with Gasteiger partial charge in [0.2, 0.25) is 0 Å². The number of ketones is 1. The highest BCUT2D eigenvalue weighted by Gasteiger charge is 2.47. The number of aromatic nitrogens is 1. The lowest BCUT2D eigenvalue weighted by Gasteiger charge is -2.25. The molecule has 0 spiro atoms. The Balaban J connectivity index is 1.92. The number of halogens is 1. The summed E-state index contributed by atoms with van der Waals surface area (Å²) in [5.74, 6) is -1.39. The molecule has 1 fully saturated rings. The molecule has 0 aliphatic carbocycles. The molecule has 1 atom stereocenters. The molecule has 0 saturated carbocycles. The second-order valence-electron chi connectivity index (χ2n) is 7.55. The van der Waals surface area contributed by atoms with Crippen LogP contribution in [-0.2, 0) is 16.0 Å². The molecule has 33 heavy (non-hydrogen) atoms. The predicted octanol–water partition coefficient (Wildman–Crippen LogP) is 5.32. The minimum atomic E-state index is -0.863. The average molecular weight is 463 g/mol. The van der Waals surface area contributed by atoms with Crippen LogP contribution in [0, 0.1) is 0 Å². The molecule has 1 amide bonds. The topological polar surface area (TPSA) is 79.7 Å². The summed E-state index contributed by atoms with van der Waals surface area (Å²) in [5.41, 5.74) is 2.41. The number of hydrogen-bond donors (Lipinski definition) is 1. The smallest absolute Gasteiger partial charge is 0.300 e. The molecule has 3 aromatic rings. The van der Waals surface area contributed by atoms with E-state index >= 15 is 0 Å². The zero-order chi connectivity index (χ0) is 23.5. The number of carbonyl (C=O) groups is 2. The van der Waals surface area contributed by atoms with Crippen molar-refractivity contribution in [2.45, 2.75) is 26.3 Å². The quantitative estimate of drug-likeness (QED) is 0.304. The van der Waals surface area contributed by atoms with Crippen LogP contribution >= 0.6 is 11.6 Å². The number of benzene rings is 2. The van der Waals surface area contributed by atoms with Gasteiger partial charge in [-0.1, -0.05) is 36.7 Å². The van der Waals surface area contributed by atoms with Crippen LogP contribution in [-0.4, -0.2) is 28.4 Å². The van der Waals surface area contributed by atoms with Crippen molar-refractivity contribution in [2.75, 3.05) is 11.5 Å². The van der Waals surface area contributed by atoms with Crippen LogP contribution in [0.15, 0.2) is 72.6 Å². The van der Waals surface area contributed by atoms with Crippen LogP contribution in [0.2, 0.25) is 5.02 Å². The molecule has 2 heterocycles. The van der Waals surface area contributed by atoms with E-state index in [4.69, 9.17) is 16.3 Å². The van der Waals surface area contributed by atoms with Gasteiger partial charge in [0.1, 0.15) is 11.5 Å². The zero-order valence-electron chi connectivity index (χ0n) is 18.3. The number of hydrogen-bond acceptors (Lipinski definition) is 5. The third-order valence-corrected chi connectivity index (χ3v) is 5.90. The van der Waals surface area contributed by atoms with Crippen molar-refractivity contribution in [3.8, 4) is 5.75 Å². The molecule has 2 aromatic carbocycles. The summed E-state index contributed by atoms with van der Waals surface area (Å²) in [4.78, 5) is 32.0. The maximum Gasteiger partial charge on any atom is 0.300 e. The highest BCUT2D eigenvalue weighted by atomic mass is 35.5. The van der Waals surface area contributed by atoms with E-state index in [1.165, 1.54) is 4.90 Å². The second-order valence-corrected chi connectivity index (χ2v) is 7.96. The summed E-state index contributed by atoms with van der Waals surface area (Å²) in [6.45, 7) is 4.30. The number of amides is 1. The molecule has 1 aromatic heterocycles. The fraction of sp³-hybridized carbons (Fsp3) is 0.192. The number of rotatable bonds is 6. The number of Topliss-reactive ketones (excluding diaryl/α,β-unsaturated/α-hetero) is 1. The highest BCUT2D eigenvalue weighted by Crippen LogP contribution is 2.43. The molecule has 7 heteroatoms. The van der Waals surface area contributed by atoms with Gasteiger partial charge in [-0.15, -0.1) is 0 Å². The molecule has 1 aliphatic heterocycles. The van der Waals surface area contributed by atoms with Gasteiger partial charge in [-0.05, 0) is 60.9 Å². The van der Waals surface area contributed by atoms with Crippen molar-refractivity contribution in [3.05, 3.63) is 94.3 Å². The maximum absolute atomic E-state index is 13.2. The van der Waals surface area contributed by atoms with E-state index in [2.05, 4.69) is 4.98 Å². The van der Waals surface area contributed by atoms with Gasteiger partial charge in [-0.3, -0.25) is 19.5 Å². The van der Waals surface area contributed by atoms with Crippen LogP contribution in [0.4, 0.5) is 5.69 Å². The SMILES string of the molecule is CCOc1ccc(Cl)c(/C(O)=C2\C(=O)C(=O)N(c3ccc(CC)cc3)C2c2cccnc2)c1. The van der Waals surface area contributed by atoms with Crippen molar-refractivity contribution >= 4 is 34.7 Å². The maximum atomic E-state index is 13.2. The number of anilines is 1. The number of aliphatic hydroxyl groups excluding tert-OH is 1. The van der Waals surface area contributed by atoms with E-state index in [0.29, 0.717) is 23.6 Å². The first kappa shape index (κ1) is 22.6. The average Bonchev–Trinajstić information content (AvgIpc) is 3.11. The summed E-state index contributed by atoms with van der Waals surface area (Å²) in [6.07, 6.45) is 4.03. The van der Waals surface area contributed by atoms with E-state index in [-0.39, 0.29) is 21.9 Å². The zero-order valence-corrected chi connectivity index (χ0v) is 19.0. The van der Waals surface area contributed by atoms with Crippen molar-refractivity contribution in [1.29, 1.82) is 0 Å². The van der Waals surface area contributed by atoms with Gasteiger partial charge in [0, 0.05) is 23.6 Å². The molecule has 6 nitrogen and oxygen atoms in total. The summed E-state index contributed by atoms with van der Waals surface area (Å²) in [7, 11) is 0. The van der Waals surface area contributed by atoms with Crippen LogP contribution in [0.5, 0.6) is 5.75 Å². The van der Waals surface area contributed by atoms with Crippen LogP contribution < -0.4 is 9.64 Å². The van der Waals surface area contributed by atoms with Crippen molar-refractivity contribution in [1.82, 2.24) is 4.98 Å². The summed E-state index contributed by atoms with van der Waals surface area (Å²) < 4.78 is 5.52. The fourth-order valence-corrected chi connectivity index (χ4v) is 4.14. The standard InChI is InChI=1S/C26H23ClN2O4/c1-3-16-7-9-18(10-8-16)29-23(17-6-5-13-28-15-17)22(25(31)26(29)32)24(30)20-14-19(33-4-2)11-12-21(20)27/h5-15,23,30H,3-4H2,1-2H3/b24-22+. The van der Waals surface area contributed by atoms with Gasteiger partial charge in [-0.25, -0.2) is 0 Å². The van der Waals surface area contributed by atoms with Gasteiger partial charge in [0.25, 0.3) is 11.7 Å². The number of carbonyl (C=O) groups excluding carboxylic acids is 2. The Morgan fingerprint density at radius 3 is 2.52 bits per heavy atom. The Bertz CT molecular complexity index is 1220. The summed E-state index contributed by atoms with van der Waals surface area (Å²) in [5, 5.41) is 11.5. The molecule has 4 rings (SSSR count). The Morgan fingerprint density at radius 1 is 1.12 bits per heavy atom. The van der Waals surface area contributed by atoms with Crippen LogP contribution in [0.3, 0.4) is 0 Å². The number of ether oxygens (including phenoxy) is 1. The number of pyridine rings is 1. The lowest BCUT2D eigenvalue weighted by atomic mass is 9.96. The first-order valence-corrected chi connectivity index (χ1v) is 11.1. The molecule has 1 aliphatic rings. The first-order valence-electron chi connectivity index (χ1n) is 10.7. The van der Waals surface area contributed by atoms with Gasteiger partial charge in [0.15, 0.2) is 0 Å². The van der Waals surface area contributed by atoms with Crippen molar-refractivity contribution in [2.24, 2.45) is 0 Å². The Labute approximate surface area is 197 Å². The lowest BCUT2D eigenvalue weighted by molar-refractivity contribution is -0.132. The predicted molar refractivity (Wildman–Crippen MR) is 127 cm³/mol. The van der Waals surface area contributed by atoms with E-state index in [1.54, 1.807) is 54.9 Å². The van der Waals surface area contributed by atoms with Gasteiger partial charge >= 0.3 is 0 Å². The monoisotopic (exact) mass is 462 g/mol. The molecule has 168 valence electrons. The first-order chi connectivity index (χ1) is 16.0. The Hall–Kier alpha value is -3.64. The largest absolute Gasteiger partial charge is 0.507 e. The lowest BCUT2D eigenvalue weighted by Crippen LogP contribution is -2.29. The highest BCUT2D eigenvalue weighted by molar-refractivity contribution is 6.52. The molecular weight excluding hydrogens is 440 g/mol. The van der Waals surface area contributed by atoms with E-state index in [1.807, 2.05) is 26.0 Å². The molecule has 1 unspecified atom stereocenters. The number of aryl methyl sites for hydroxylation is 1. The van der Waals surface area contributed by atoms with E-state index in [0.717, 1.165) is 12.0 Å². The third kappa shape index (κ3) is 4.22. The molecule has 1 N–H and O–H groups in total. The third-order valence-electron chi connectivity index (χ3n) is 5.57. The summed E-state index contributed by atoms with van der Waals surface area (Å²) >= 11 is 6.36. The number of aliphatic hydroxyl groups is 1. The van der Waals surface area contributed by atoms with E-state index < -0.39 is 17.7 Å². The summed E-state index contributed by atoms with van der Waals surface area (Å²) in [6, 6.07) is 14.9. The molecule has 0 radical (unpaired) electrons. The van der Waals surface area contributed by atoms with Crippen LogP contribution in [0.1, 0.15) is 36.6 Å². The van der Waals surface area contributed by atoms with Crippen molar-refractivity contribution < 1.29 is 19.4 Å². The van der Waals surface area contributed by atoms with Gasteiger partial charge in [0.05, 0.1) is 23.2 Å². The molecular formula is C26H23ClN2O4. The minimum Gasteiger partial charge on any atom is -0.507 e. The Kier molecular flexibility index (Phi) is 6.47. The Morgan fingerprint density at radius 2 is 1.88 bits per heavy atom. The fourth-order valence-electron chi connectivity index (χ4n) is 3.93. The molecule has 0 bridgehead atoms. The van der Waals surface area contributed by atoms with Crippen LogP contribution in [0.25, 0.3) is 5.76 Å². The minimum absolute atomic E-state index is 0.0527. The molecule has 1 saturated heterocycles. The number of nitrogens with zero attached hydrogens (tertiary/aromatic N) is 2. The van der Waals surface area contributed by atoms with E-state index in [9.17, 15) is 14.7 Å². The van der Waals surface area contributed by atoms with Gasteiger partial charge in [-0.2, -0.15) is 0 Å².